The third-order valence-corrected chi connectivity index (χ3v) is 5.13. The van der Waals surface area contributed by atoms with Crippen molar-refractivity contribution in [3.05, 3.63) is 42.0 Å². The Hall–Kier alpha value is -2.05. The van der Waals surface area contributed by atoms with E-state index in [1.165, 1.54) is 5.56 Å². The van der Waals surface area contributed by atoms with E-state index in [0.717, 1.165) is 50.0 Å². The van der Waals surface area contributed by atoms with Crippen LogP contribution in [0.1, 0.15) is 18.3 Å². The quantitative estimate of drug-likeness (QED) is 0.849. The fourth-order valence-corrected chi connectivity index (χ4v) is 3.62. The molecule has 2 aromatic rings. The lowest BCUT2D eigenvalue weighted by molar-refractivity contribution is 0.0706. The van der Waals surface area contributed by atoms with Crippen molar-refractivity contribution in [1.29, 1.82) is 0 Å². The fourth-order valence-electron chi connectivity index (χ4n) is 3.62. The molecule has 1 atom stereocenters. The van der Waals surface area contributed by atoms with Gasteiger partial charge in [0.15, 0.2) is 11.5 Å². The number of nitrogens with zero attached hydrogens (tertiary/aromatic N) is 4. The Morgan fingerprint density at radius 1 is 1.12 bits per heavy atom. The molecule has 1 saturated heterocycles. The van der Waals surface area contributed by atoms with Gasteiger partial charge in [0.05, 0.1) is 6.54 Å². The standard InChI is InChI=1S/C19H26N4O2/c1-15-12-22(7-8-23(15)14-19-20-5-6-21(19)2)13-16-3-4-17-18(11-16)25-10-9-24-17/h3-6,11,15H,7-10,12-14H2,1-2H3/t15-/m1/s1. The van der Waals surface area contributed by atoms with Crippen molar-refractivity contribution < 1.29 is 9.47 Å². The summed E-state index contributed by atoms with van der Waals surface area (Å²) in [7, 11) is 2.06. The average Bonchev–Trinajstić information content (AvgIpc) is 3.02. The Morgan fingerprint density at radius 2 is 1.96 bits per heavy atom. The average molecular weight is 342 g/mol. The smallest absolute Gasteiger partial charge is 0.161 e. The molecule has 0 aliphatic carbocycles. The molecule has 6 nitrogen and oxygen atoms in total. The summed E-state index contributed by atoms with van der Waals surface area (Å²) in [6.45, 7) is 8.67. The number of piperazine rings is 1. The molecular formula is C19H26N4O2. The van der Waals surface area contributed by atoms with Crippen LogP contribution in [-0.4, -0.2) is 58.2 Å². The summed E-state index contributed by atoms with van der Waals surface area (Å²) < 4.78 is 13.4. The maximum atomic E-state index is 5.70. The second kappa shape index (κ2) is 7.06. The van der Waals surface area contributed by atoms with E-state index < -0.39 is 0 Å². The van der Waals surface area contributed by atoms with Crippen molar-refractivity contribution in [1.82, 2.24) is 19.4 Å². The molecule has 134 valence electrons. The topological polar surface area (TPSA) is 42.8 Å². The first-order chi connectivity index (χ1) is 12.2. The van der Waals surface area contributed by atoms with E-state index in [-0.39, 0.29) is 0 Å². The SMILES string of the molecule is C[C@@H]1CN(Cc2ccc3c(c2)OCCO3)CCN1Cc1nccn1C. The molecule has 0 bridgehead atoms. The predicted octanol–water partition coefficient (Wildman–Crippen LogP) is 1.90. The van der Waals surface area contributed by atoms with Gasteiger partial charge in [-0.05, 0) is 24.6 Å². The highest BCUT2D eigenvalue weighted by molar-refractivity contribution is 5.43. The minimum atomic E-state index is 0.516. The van der Waals surface area contributed by atoms with Gasteiger partial charge in [0.1, 0.15) is 19.0 Å². The molecular weight excluding hydrogens is 316 g/mol. The monoisotopic (exact) mass is 342 g/mol. The van der Waals surface area contributed by atoms with Crippen molar-refractivity contribution in [2.24, 2.45) is 7.05 Å². The molecule has 0 N–H and O–H groups in total. The molecule has 2 aliphatic heterocycles. The Kier molecular flexibility index (Phi) is 4.63. The van der Waals surface area contributed by atoms with E-state index in [1.807, 2.05) is 18.5 Å². The molecule has 0 unspecified atom stereocenters. The van der Waals surface area contributed by atoms with Gasteiger partial charge in [-0.15, -0.1) is 0 Å². The third kappa shape index (κ3) is 3.65. The van der Waals surface area contributed by atoms with Gasteiger partial charge in [0.25, 0.3) is 0 Å². The summed E-state index contributed by atoms with van der Waals surface area (Å²) in [6, 6.07) is 6.82. The number of hydrogen-bond donors (Lipinski definition) is 0. The van der Waals surface area contributed by atoms with Gasteiger partial charge >= 0.3 is 0 Å². The molecule has 25 heavy (non-hydrogen) atoms. The summed E-state index contributed by atoms with van der Waals surface area (Å²) in [5.41, 5.74) is 1.29. The molecule has 4 rings (SSSR count). The zero-order chi connectivity index (χ0) is 17.2. The number of imidazole rings is 1. The number of aryl methyl sites for hydroxylation is 1. The zero-order valence-electron chi connectivity index (χ0n) is 15.0. The van der Waals surface area contributed by atoms with E-state index >= 15 is 0 Å². The van der Waals surface area contributed by atoms with Gasteiger partial charge in [-0.2, -0.15) is 0 Å². The van der Waals surface area contributed by atoms with E-state index in [2.05, 4.69) is 45.5 Å². The summed E-state index contributed by atoms with van der Waals surface area (Å²) in [6.07, 6.45) is 3.89. The highest BCUT2D eigenvalue weighted by Crippen LogP contribution is 2.31. The normalized spacial score (nSPS) is 21.4. The van der Waals surface area contributed by atoms with E-state index in [9.17, 15) is 0 Å². The van der Waals surface area contributed by atoms with Crippen LogP contribution in [0.2, 0.25) is 0 Å². The highest BCUT2D eigenvalue weighted by Gasteiger charge is 2.25. The summed E-state index contributed by atoms with van der Waals surface area (Å²) >= 11 is 0. The van der Waals surface area contributed by atoms with Crippen LogP contribution in [0.4, 0.5) is 0 Å². The molecule has 6 heteroatoms. The Balaban J connectivity index is 1.35. The van der Waals surface area contributed by atoms with Crippen molar-refractivity contribution in [2.75, 3.05) is 32.8 Å². The first kappa shape index (κ1) is 16.4. The first-order valence-electron chi connectivity index (χ1n) is 9.00. The van der Waals surface area contributed by atoms with Crippen molar-refractivity contribution in [3.8, 4) is 11.5 Å². The largest absolute Gasteiger partial charge is 0.486 e. The number of ether oxygens (including phenoxy) is 2. The minimum Gasteiger partial charge on any atom is -0.486 e. The molecule has 0 spiro atoms. The zero-order valence-corrected chi connectivity index (χ0v) is 15.0. The molecule has 1 aromatic carbocycles. The van der Waals surface area contributed by atoms with Gasteiger partial charge in [0.2, 0.25) is 0 Å². The Bertz CT molecular complexity index is 730. The van der Waals surface area contributed by atoms with Crippen molar-refractivity contribution in [3.63, 3.8) is 0 Å². The van der Waals surface area contributed by atoms with Crippen LogP contribution in [0, 0.1) is 0 Å². The summed E-state index contributed by atoms with van der Waals surface area (Å²) in [4.78, 5) is 9.49. The molecule has 0 radical (unpaired) electrons. The highest BCUT2D eigenvalue weighted by atomic mass is 16.6. The van der Waals surface area contributed by atoms with Crippen LogP contribution >= 0.6 is 0 Å². The minimum absolute atomic E-state index is 0.516. The maximum Gasteiger partial charge on any atom is 0.161 e. The molecule has 1 fully saturated rings. The van der Waals surface area contributed by atoms with E-state index in [4.69, 9.17) is 9.47 Å². The Labute approximate surface area is 149 Å². The molecule has 1 aromatic heterocycles. The van der Waals surface area contributed by atoms with Gasteiger partial charge in [0, 0.05) is 51.7 Å². The van der Waals surface area contributed by atoms with Gasteiger partial charge < -0.3 is 14.0 Å². The number of hydrogen-bond acceptors (Lipinski definition) is 5. The molecule has 3 heterocycles. The maximum absolute atomic E-state index is 5.70. The number of benzene rings is 1. The lowest BCUT2D eigenvalue weighted by Gasteiger charge is -2.39. The third-order valence-electron chi connectivity index (χ3n) is 5.13. The lowest BCUT2D eigenvalue weighted by Crippen LogP contribution is -2.51. The molecule has 0 saturated carbocycles. The van der Waals surface area contributed by atoms with Crippen LogP contribution in [0.3, 0.4) is 0 Å². The summed E-state index contributed by atoms with van der Waals surface area (Å²) in [5.74, 6) is 2.88. The summed E-state index contributed by atoms with van der Waals surface area (Å²) in [5, 5.41) is 0. The van der Waals surface area contributed by atoms with Crippen LogP contribution in [0.15, 0.2) is 30.6 Å². The van der Waals surface area contributed by atoms with Crippen molar-refractivity contribution in [2.45, 2.75) is 26.1 Å². The second-order valence-corrected chi connectivity index (χ2v) is 6.99. The molecule has 2 aliphatic rings. The van der Waals surface area contributed by atoms with Crippen molar-refractivity contribution >= 4 is 0 Å². The number of fused-ring (bicyclic) bond motifs is 1. The van der Waals surface area contributed by atoms with Gasteiger partial charge in [-0.25, -0.2) is 4.98 Å². The predicted molar refractivity (Wildman–Crippen MR) is 95.8 cm³/mol. The Morgan fingerprint density at radius 3 is 2.72 bits per heavy atom. The van der Waals surface area contributed by atoms with Crippen LogP contribution in [0.25, 0.3) is 0 Å². The van der Waals surface area contributed by atoms with Crippen LogP contribution < -0.4 is 9.47 Å². The first-order valence-corrected chi connectivity index (χ1v) is 9.00. The second-order valence-electron chi connectivity index (χ2n) is 6.99. The number of aromatic nitrogens is 2. The van der Waals surface area contributed by atoms with Crippen LogP contribution in [-0.2, 0) is 20.1 Å². The van der Waals surface area contributed by atoms with Gasteiger partial charge in [-0.3, -0.25) is 9.80 Å². The van der Waals surface area contributed by atoms with E-state index in [1.54, 1.807) is 0 Å². The molecule has 0 amide bonds. The van der Waals surface area contributed by atoms with Crippen LogP contribution in [0.5, 0.6) is 11.5 Å². The fraction of sp³-hybridized carbons (Fsp3) is 0.526. The van der Waals surface area contributed by atoms with Gasteiger partial charge in [-0.1, -0.05) is 6.07 Å². The lowest BCUT2D eigenvalue weighted by atomic mass is 10.1. The number of rotatable bonds is 4. The van der Waals surface area contributed by atoms with E-state index in [0.29, 0.717) is 19.3 Å².